The van der Waals surface area contributed by atoms with Crippen molar-refractivity contribution in [2.45, 2.75) is 38.3 Å². The van der Waals surface area contributed by atoms with Gasteiger partial charge in [0.05, 0.1) is 34.3 Å². The van der Waals surface area contributed by atoms with Crippen LogP contribution in [-0.4, -0.2) is 31.0 Å². The second-order valence-corrected chi connectivity index (χ2v) is 9.39. The van der Waals surface area contributed by atoms with Gasteiger partial charge in [0.2, 0.25) is 5.91 Å². The summed E-state index contributed by atoms with van der Waals surface area (Å²) in [4.78, 5) is 20.3. The first-order valence-corrected chi connectivity index (χ1v) is 11.9. The lowest BCUT2D eigenvalue weighted by molar-refractivity contribution is -0.137. The highest BCUT2D eigenvalue weighted by molar-refractivity contribution is 8.14. The van der Waals surface area contributed by atoms with Gasteiger partial charge >= 0.3 is 6.18 Å². The number of rotatable bonds is 9. The van der Waals surface area contributed by atoms with Crippen molar-refractivity contribution < 1.29 is 22.7 Å². The molecule has 0 aliphatic rings. The molecule has 7 nitrogen and oxygen atoms in total. The normalized spacial score (nSPS) is 12.9. The maximum atomic E-state index is 12.8. The number of ether oxygens (including phenoxy) is 1. The SMILES string of the molecule is C=C(N=C(SC(C)CC)c1cnn(C)c1COc1ccc(C(F)(F)F)cc1)c1cncc(C(N)=O)c1. The third-order valence-electron chi connectivity index (χ3n) is 5.33. The smallest absolute Gasteiger partial charge is 0.416 e. The lowest BCUT2D eigenvalue weighted by Gasteiger charge is -2.14. The minimum absolute atomic E-state index is 0.0580. The van der Waals surface area contributed by atoms with Crippen LogP contribution in [0, 0.1) is 0 Å². The van der Waals surface area contributed by atoms with Gasteiger partial charge in [0.25, 0.3) is 0 Å². The van der Waals surface area contributed by atoms with Gasteiger partial charge in [0, 0.05) is 30.3 Å². The summed E-state index contributed by atoms with van der Waals surface area (Å²) in [5, 5.41) is 5.19. The third-order valence-corrected chi connectivity index (χ3v) is 6.60. The minimum Gasteiger partial charge on any atom is -0.487 e. The largest absolute Gasteiger partial charge is 0.487 e. The fourth-order valence-corrected chi connectivity index (χ4v) is 4.06. The Labute approximate surface area is 211 Å². The molecule has 2 heterocycles. The summed E-state index contributed by atoms with van der Waals surface area (Å²) in [6.07, 6.45) is 1.04. The average Bonchev–Trinajstić information content (AvgIpc) is 3.21. The number of halogens is 3. The quantitative estimate of drug-likeness (QED) is 0.300. The molecule has 0 aliphatic carbocycles. The lowest BCUT2D eigenvalue weighted by Crippen LogP contribution is -2.12. The highest BCUT2D eigenvalue weighted by atomic mass is 32.2. The molecule has 190 valence electrons. The first kappa shape index (κ1) is 27.0. The molecule has 0 bridgehead atoms. The molecule has 11 heteroatoms. The molecular weight excluding hydrogens is 491 g/mol. The monoisotopic (exact) mass is 517 g/mol. The minimum atomic E-state index is -4.42. The zero-order valence-corrected chi connectivity index (χ0v) is 20.9. The maximum Gasteiger partial charge on any atom is 0.416 e. The number of hydrogen-bond acceptors (Lipinski definition) is 6. The van der Waals surface area contributed by atoms with E-state index in [9.17, 15) is 18.0 Å². The van der Waals surface area contributed by atoms with Gasteiger partial charge in [-0.25, -0.2) is 4.99 Å². The number of amides is 1. The van der Waals surface area contributed by atoms with E-state index in [2.05, 4.69) is 30.5 Å². The Morgan fingerprint density at radius 1 is 1.22 bits per heavy atom. The molecule has 0 aliphatic heterocycles. The summed E-state index contributed by atoms with van der Waals surface area (Å²) in [7, 11) is 1.75. The van der Waals surface area contributed by atoms with Crippen LogP contribution in [0.1, 0.15) is 53.0 Å². The number of carbonyl (C=O) groups is 1. The molecule has 3 rings (SSSR count). The molecule has 2 aromatic heterocycles. The Kier molecular flexibility index (Phi) is 8.57. The number of aliphatic imine (C=N–C) groups is 1. The summed E-state index contributed by atoms with van der Waals surface area (Å²) in [5.41, 5.74) is 7.17. The molecule has 0 saturated carbocycles. The number of aromatic nitrogens is 3. The molecule has 1 aromatic carbocycles. The van der Waals surface area contributed by atoms with Crippen molar-refractivity contribution >= 4 is 28.4 Å². The van der Waals surface area contributed by atoms with Gasteiger partial charge in [-0.15, -0.1) is 11.8 Å². The number of carbonyl (C=O) groups excluding carboxylic acids is 1. The van der Waals surface area contributed by atoms with Crippen LogP contribution < -0.4 is 10.5 Å². The van der Waals surface area contributed by atoms with Crippen molar-refractivity contribution in [3.8, 4) is 5.75 Å². The molecule has 1 atom stereocenters. The molecule has 0 radical (unpaired) electrons. The Morgan fingerprint density at radius 3 is 2.50 bits per heavy atom. The van der Waals surface area contributed by atoms with Crippen molar-refractivity contribution in [1.29, 1.82) is 0 Å². The van der Waals surface area contributed by atoms with E-state index in [0.29, 0.717) is 33.3 Å². The molecule has 0 spiro atoms. The van der Waals surface area contributed by atoms with Crippen LogP contribution in [0.15, 0.2) is 60.5 Å². The van der Waals surface area contributed by atoms with Gasteiger partial charge in [-0.1, -0.05) is 20.4 Å². The van der Waals surface area contributed by atoms with Crippen LogP contribution in [-0.2, 0) is 19.8 Å². The van der Waals surface area contributed by atoms with E-state index in [0.717, 1.165) is 18.6 Å². The maximum absolute atomic E-state index is 12.8. The number of hydrogen-bond donors (Lipinski definition) is 1. The fraction of sp³-hybridized carbons (Fsp3) is 0.280. The predicted octanol–water partition coefficient (Wildman–Crippen LogP) is 5.46. The Morgan fingerprint density at radius 2 is 1.89 bits per heavy atom. The van der Waals surface area contributed by atoms with Gasteiger partial charge in [-0.05, 0) is 36.8 Å². The van der Waals surface area contributed by atoms with Gasteiger partial charge in [0.1, 0.15) is 17.4 Å². The number of thioether (sulfide) groups is 1. The Balaban J connectivity index is 1.90. The second-order valence-electron chi connectivity index (χ2n) is 7.97. The van der Waals surface area contributed by atoms with Crippen molar-refractivity contribution in [2.24, 2.45) is 17.8 Å². The zero-order valence-electron chi connectivity index (χ0n) is 20.0. The predicted molar refractivity (Wildman–Crippen MR) is 135 cm³/mol. The number of alkyl halides is 3. The highest BCUT2D eigenvalue weighted by Gasteiger charge is 2.30. The van der Waals surface area contributed by atoms with Crippen molar-refractivity contribution in [2.75, 3.05) is 0 Å². The summed E-state index contributed by atoms with van der Waals surface area (Å²) < 4.78 is 45.9. The number of primary amides is 1. The van der Waals surface area contributed by atoms with Gasteiger partial charge in [-0.2, -0.15) is 18.3 Å². The van der Waals surface area contributed by atoms with E-state index in [1.54, 1.807) is 30.2 Å². The van der Waals surface area contributed by atoms with Crippen LogP contribution in [0.2, 0.25) is 0 Å². The molecular formula is C25H26F3N5O2S. The summed E-state index contributed by atoms with van der Waals surface area (Å²) in [6.45, 7) is 8.22. The average molecular weight is 518 g/mol. The van der Waals surface area contributed by atoms with Crippen molar-refractivity contribution in [3.63, 3.8) is 0 Å². The molecule has 0 fully saturated rings. The number of aryl methyl sites for hydroxylation is 1. The Bertz CT molecular complexity index is 1270. The molecule has 1 unspecified atom stereocenters. The van der Waals surface area contributed by atoms with Crippen LogP contribution in [0.4, 0.5) is 13.2 Å². The molecule has 3 aromatic rings. The van der Waals surface area contributed by atoms with E-state index in [4.69, 9.17) is 15.5 Å². The second kappa shape index (κ2) is 11.4. The van der Waals surface area contributed by atoms with Crippen molar-refractivity contribution in [1.82, 2.24) is 14.8 Å². The number of nitrogens with zero attached hydrogens (tertiary/aromatic N) is 4. The first-order valence-electron chi connectivity index (χ1n) is 11.0. The van der Waals surface area contributed by atoms with Crippen LogP contribution in [0.5, 0.6) is 5.75 Å². The number of nitrogens with two attached hydrogens (primary N) is 1. The fourth-order valence-electron chi connectivity index (χ4n) is 3.05. The van der Waals surface area contributed by atoms with Crippen LogP contribution in [0.3, 0.4) is 0 Å². The van der Waals surface area contributed by atoms with E-state index in [1.165, 1.54) is 30.1 Å². The standard InChI is InChI=1S/C25H26F3N5O2S/c1-5-15(2)36-24(32-16(3)17-10-18(23(29)34)12-30-11-17)21-13-31-33(4)22(21)14-35-20-8-6-19(7-9-20)25(26,27)28/h6-13,15H,3,5,14H2,1-2,4H3,(H2,29,34). The van der Waals surface area contributed by atoms with E-state index < -0.39 is 17.6 Å². The topological polar surface area (TPSA) is 95.4 Å². The van der Waals surface area contributed by atoms with E-state index in [-0.39, 0.29) is 17.4 Å². The molecule has 36 heavy (non-hydrogen) atoms. The van der Waals surface area contributed by atoms with Gasteiger partial charge in [-0.3, -0.25) is 14.5 Å². The van der Waals surface area contributed by atoms with Gasteiger partial charge < -0.3 is 10.5 Å². The van der Waals surface area contributed by atoms with Gasteiger partial charge in [0.15, 0.2) is 0 Å². The summed E-state index contributed by atoms with van der Waals surface area (Å²) in [5.74, 6) is -0.313. The van der Waals surface area contributed by atoms with E-state index >= 15 is 0 Å². The highest BCUT2D eigenvalue weighted by Crippen LogP contribution is 2.31. The molecule has 2 N–H and O–H groups in total. The molecule has 0 saturated heterocycles. The lowest BCUT2D eigenvalue weighted by atomic mass is 10.1. The summed E-state index contributed by atoms with van der Waals surface area (Å²) >= 11 is 1.53. The Hall–Kier alpha value is -3.60. The third kappa shape index (κ3) is 6.75. The zero-order chi connectivity index (χ0) is 26.5. The first-order chi connectivity index (χ1) is 17.0. The van der Waals surface area contributed by atoms with Crippen LogP contribution in [0.25, 0.3) is 5.70 Å². The van der Waals surface area contributed by atoms with Crippen LogP contribution >= 0.6 is 11.8 Å². The molecule has 1 amide bonds. The van der Waals surface area contributed by atoms with E-state index in [1.807, 2.05) is 0 Å². The number of pyridine rings is 1. The number of benzene rings is 1. The summed E-state index contributed by atoms with van der Waals surface area (Å²) in [6, 6.07) is 6.09. The van der Waals surface area contributed by atoms with Crippen molar-refractivity contribution in [3.05, 3.63) is 83.4 Å².